The fourth-order valence-corrected chi connectivity index (χ4v) is 5.34. The van der Waals surface area contributed by atoms with Gasteiger partial charge in [0, 0.05) is 24.5 Å². The van der Waals surface area contributed by atoms with E-state index in [0.717, 1.165) is 30.0 Å². The molecule has 0 bridgehead atoms. The van der Waals surface area contributed by atoms with Gasteiger partial charge in [-0.3, -0.25) is 9.78 Å². The van der Waals surface area contributed by atoms with Crippen molar-refractivity contribution in [1.29, 1.82) is 0 Å². The summed E-state index contributed by atoms with van der Waals surface area (Å²) in [4.78, 5) is 18.4. The molecule has 0 N–H and O–H groups in total. The summed E-state index contributed by atoms with van der Waals surface area (Å²) in [6, 6.07) is 5.95. The number of pyridine rings is 1. The zero-order valence-corrected chi connectivity index (χ0v) is 14.8. The molecule has 4 nitrogen and oxygen atoms in total. The number of nitrogens with zero attached hydrogens (tertiary/aromatic N) is 2. The van der Waals surface area contributed by atoms with Crippen molar-refractivity contribution in [3.05, 3.63) is 29.6 Å². The van der Waals surface area contributed by atoms with Gasteiger partial charge in [-0.25, -0.2) is 4.39 Å². The number of thioether (sulfide) groups is 1. The Morgan fingerprint density at radius 1 is 1.46 bits per heavy atom. The van der Waals surface area contributed by atoms with Crippen LogP contribution in [0, 0.1) is 6.92 Å². The van der Waals surface area contributed by atoms with Crippen molar-refractivity contribution in [2.75, 3.05) is 18.8 Å². The van der Waals surface area contributed by atoms with E-state index >= 15 is 0 Å². The van der Waals surface area contributed by atoms with E-state index in [1.54, 1.807) is 4.90 Å². The molecule has 6 heteroatoms. The number of amides is 1. The van der Waals surface area contributed by atoms with Gasteiger partial charge in [0.2, 0.25) is 0 Å². The van der Waals surface area contributed by atoms with Crippen molar-refractivity contribution >= 4 is 17.7 Å². The van der Waals surface area contributed by atoms with E-state index in [4.69, 9.17) is 4.74 Å². The first-order valence-corrected chi connectivity index (χ1v) is 9.63. The smallest absolute Gasteiger partial charge is 0.260 e. The van der Waals surface area contributed by atoms with E-state index in [0.29, 0.717) is 32.5 Å². The van der Waals surface area contributed by atoms with Gasteiger partial charge in [0.1, 0.15) is 0 Å². The van der Waals surface area contributed by atoms with E-state index in [2.05, 4.69) is 4.98 Å². The molecule has 0 aromatic carbocycles. The molecule has 130 valence electrons. The second kappa shape index (κ2) is 5.99. The molecule has 1 spiro atoms. The van der Waals surface area contributed by atoms with Gasteiger partial charge in [0.15, 0.2) is 5.67 Å². The Morgan fingerprint density at radius 3 is 2.92 bits per heavy atom. The van der Waals surface area contributed by atoms with Crippen LogP contribution in [0.1, 0.15) is 37.1 Å². The Balaban J connectivity index is 1.26. The van der Waals surface area contributed by atoms with Crippen molar-refractivity contribution < 1.29 is 13.9 Å². The molecule has 1 aliphatic carbocycles. The molecule has 1 saturated carbocycles. The van der Waals surface area contributed by atoms with Crippen molar-refractivity contribution in [3.8, 4) is 0 Å². The summed E-state index contributed by atoms with van der Waals surface area (Å²) >= 11 is 1.87. The lowest BCUT2D eigenvalue weighted by Crippen LogP contribution is -2.65. The number of halogens is 1. The fraction of sp³-hybridized carbons (Fsp3) is 0.667. The van der Waals surface area contributed by atoms with Crippen LogP contribution in [0.3, 0.4) is 0 Å². The van der Waals surface area contributed by atoms with Crippen LogP contribution >= 0.6 is 11.8 Å². The van der Waals surface area contributed by atoms with Crippen molar-refractivity contribution in [2.24, 2.45) is 0 Å². The number of hydrogen-bond acceptors (Lipinski definition) is 4. The van der Waals surface area contributed by atoms with Gasteiger partial charge in [-0.2, -0.15) is 0 Å². The number of hydrogen-bond donors (Lipinski definition) is 0. The quantitative estimate of drug-likeness (QED) is 0.837. The van der Waals surface area contributed by atoms with Gasteiger partial charge < -0.3 is 9.64 Å². The Kier molecular flexibility index (Phi) is 4.07. The first-order valence-electron chi connectivity index (χ1n) is 8.65. The largest absolute Gasteiger partial charge is 0.371 e. The van der Waals surface area contributed by atoms with Crippen LogP contribution < -0.4 is 0 Å². The molecule has 1 aromatic heterocycles. The number of carbonyl (C=O) groups excluding carboxylic acids is 1. The van der Waals surface area contributed by atoms with Crippen molar-refractivity contribution in [3.63, 3.8) is 0 Å². The van der Waals surface area contributed by atoms with Crippen LogP contribution in [0.25, 0.3) is 0 Å². The van der Waals surface area contributed by atoms with Gasteiger partial charge in [-0.1, -0.05) is 6.07 Å². The number of ether oxygens (including phenoxy) is 1. The lowest BCUT2D eigenvalue weighted by molar-refractivity contribution is -0.155. The predicted molar refractivity (Wildman–Crippen MR) is 91.6 cm³/mol. The summed E-state index contributed by atoms with van der Waals surface area (Å²) < 4.78 is 20.3. The zero-order valence-electron chi connectivity index (χ0n) is 14.0. The lowest BCUT2D eigenvalue weighted by Gasteiger charge is -2.50. The highest BCUT2D eigenvalue weighted by Gasteiger charge is 2.56. The topological polar surface area (TPSA) is 42.4 Å². The maximum atomic E-state index is 14.2. The molecule has 3 heterocycles. The number of alkyl halides is 1. The third-order valence-electron chi connectivity index (χ3n) is 5.36. The molecule has 24 heavy (non-hydrogen) atoms. The SMILES string of the molecule is Cc1cccc(COC2CSC3(C2)CN(C(=O)C2(F)CCC2)C3)n1. The third kappa shape index (κ3) is 2.94. The summed E-state index contributed by atoms with van der Waals surface area (Å²) in [5.41, 5.74) is 0.394. The molecule has 2 aliphatic heterocycles. The second-order valence-electron chi connectivity index (χ2n) is 7.38. The molecule has 1 atom stereocenters. The summed E-state index contributed by atoms with van der Waals surface area (Å²) in [6.07, 6.45) is 2.76. The molecule has 3 fully saturated rings. The van der Waals surface area contributed by atoms with Crippen LogP contribution in [0.5, 0.6) is 0 Å². The van der Waals surface area contributed by atoms with Crippen molar-refractivity contribution in [2.45, 2.75) is 55.7 Å². The Bertz CT molecular complexity index is 644. The highest BCUT2D eigenvalue weighted by atomic mass is 32.2. The molecular weight excluding hydrogens is 327 g/mol. The molecule has 0 radical (unpaired) electrons. The first kappa shape index (κ1) is 16.3. The maximum Gasteiger partial charge on any atom is 0.260 e. The molecule has 4 rings (SSSR count). The van der Waals surface area contributed by atoms with Gasteiger partial charge in [0.05, 0.1) is 23.2 Å². The molecule has 2 saturated heterocycles. The Labute approximate surface area is 146 Å². The molecular formula is C18H23FN2O2S. The Hall–Kier alpha value is -1.14. The van der Waals surface area contributed by atoms with Gasteiger partial charge in [-0.15, -0.1) is 11.8 Å². The number of aryl methyl sites for hydroxylation is 1. The van der Waals surface area contributed by atoms with Gasteiger partial charge in [0.25, 0.3) is 5.91 Å². The van der Waals surface area contributed by atoms with Gasteiger partial charge >= 0.3 is 0 Å². The summed E-state index contributed by atoms with van der Waals surface area (Å²) in [5, 5.41) is 0. The van der Waals surface area contributed by atoms with Gasteiger partial charge in [-0.05, 0) is 44.7 Å². The van der Waals surface area contributed by atoms with Crippen LogP contribution in [0.15, 0.2) is 18.2 Å². The minimum atomic E-state index is -1.56. The molecule has 1 aromatic rings. The maximum absolute atomic E-state index is 14.2. The van der Waals surface area contributed by atoms with Crippen molar-refractivity contribution in [1.82, 2.24) is 9.88 Å². The van der Waals surface area contributed by atoms with E-state index in [-0.39, 0.29) is 16.8 Å². The predicted octanol–water partition coefficient (Wildman–Crippen LogP) is 2.89. The fourth-order valence-electron chi connectivity index (χ4n) is 3.79. The third-order valence-corrected chi connectivity index (χ3v) is 6.94. The zero-order chi connectivity index (χ0) is 16.8. The summed E-state index contributed by atoms with van der Waals surface area (Å²) in [5.74, 6) is 0.655. The standard InChI is InChI=1S/C18H23FN2O2S/c1-13-4-2-5-14(20-13)9-23-15-8-17(24-10-15)11-21(12-17)16(22)18(19)6-3-7-18/h2,4-5,15H,3,6-12H2,1H3. The normalized spacial score (nSPS) is 26.9. The molecule has 1 unspecified atom stereocenters. The number of rotatable bonds is 4. The van der Waals surface area contributed by atoms with E-state index < -0.39 is 5.67 Å². The first-order chi connectivity index (χ1) is 11.5. The highest BCUT2D eigenvalue weighted by Crippen LogP contribution is 2.48. The van der Waals surface area contributed by atoms with Crippen LogP contribution in [0.2, 0.25) is 0 Å². The molecule has 1 amide bonds. The second-order valence-corrected chi connectivity index (χ2v) is 8.87. The molecule has 3 aliphatic rings. The van der Waals surface area contributed by atoms with E-state index in [9.17, 15) is 9.18 Å². The van der Waals surface area contributed by atoms with E-state index in [1.165, 1.54) is 0 Å². The number of carbonyl (C=O) groups is 1. The number of aromatic nitrogens is 1. The summed E-state index contributed by atoms with van der Waals surface area (Å²) in [7, 11) is 0. The highest BCUT2D eigenvalue weighted by molar-refractivity contribution is 8.01. The van der Waals surface area contributed by atoms with Crippen LogP contribution in [0.4, 0.5) is 4.39 Å². The van der Waals surface area contributed by atoms with Crippen LogP contribution in [-0.2, 0) is 16.1 Å². The Morgan fingerprint density at radius 2 is 2.25 bits per heavy atom. The number of likely N-dealkylation sites (tertiary alicyclic amines) is 1. The van der Waals surface area contributed by atoms with E-state index in [1.807, 2.05) is 36.9 Å². The summed E-state index contributed by atoms with van der Waals surface area (Å²) in [6.45, 7) is 3.85. The monoisotopic (exact) mass is 350 g/mol. The minimum absolute atomic E-state index is 0.0838. The van der Waals surface area contributed by atoms with Crippen LogP contribution in [-0.4, -0.2) is 51.2 Å². The average Bonchev–Trinajstić information content (AvgIpc) is 2.93. The minimum Gasteiger partial charge on any atom is -0.371 e. The average molecular weight is 350 g/mol. The lowest BCUT2D eigenvalue weighted by atomic mass is 9.79.